The zero-order valence-electron chi connectivity index (χ0n) is 14.2. The van der Waals surface area contributed by atoms with E-state index in [9.17, 15) is 13.2 Å². The smallest absolute Gasteiger partial charge is 0.495 e. The lowest BCUT2D eigenvalue weighted by Crippen LogP contribution is -2.23. The van der Waals surface area contributed by atoms with Crippen molar-refractivity contribution in [2.45, 2.75) is 12.8 Å². The third-order valence-corrected chi connectivity index (χ3v) is 3.58. The van der Waals surface area contributed by atoms with Gasteiger partial charge < -0.3 is 20.5 Å². The monoisotopic (exact) mass is 515 g/mol. The Hall–Kier alpha value is -1.88. The Balaban J connectivity index is 0.00000364. The first-order valence-electron chi connectivity index (χ1n) is 7.52. The van der Waals surface area contributed by atoms with Crippen LogP contribution in [0.3, 0.4) is 0 Å². The van der Waals surface area contributed by atoms with E-state index in [-0.39, 0.29) is 48.7 Å². The highest BCUT2D eigenvalue weighted by Crippen LogP contribution is 2.27. The first-order valence-corrected chi connectivity index (χ1v) is 7.90. The number of halogens is 5. The van der Waals surface area contributed by atoms with Crippen molar-refractivity contribution in [3.8, 4) is 11.5 Å². The van der Waals surface area contributed by atoms with Crippen LogP contribution in [0.15, 0.2) is 47.5 Å². The van der Waals surface area contributed by atoms with E-state index in [0.29, 0.717) is 22.0 Å². The Morgan fingerprint density at radius 3 is 2.52 bits per heavy atom. The van der Waals surface area contributed by atoms with E-state index in [0.717, 1.165) is 0 Å². The Morgan fingerprint density at radius 1 is 1.19 bits per heavy atom. The molecule has 0 bridgehead atoms. The van der Waals surface area contributed by atoms with Gasteiger partial charge in [-0.3, -0.25) is 4.99 Å². The van der Waals surface area contributed by atoms with Crippen molar-refractivity contribution in [2.75, 3.05) is 19.0 Å². The lowest BCUT2D eigenvalue weighted by Gasteiger charge is -2.12. The summed E-state index contributed by atoms with van der Waals surface area (Å²) in [6.07, 6.45) is -4.51. The number of alkyl halides is 3. The van der Waals surface area contributed by atoms with Gasteiger partial charge in [-0.2, -0.15) is 0 Å². The summed E-state index contributed by atoms with van der Waals surface area (Å²) in [5, 5.41) is 3.26. The molecule has 0 radical (unpaired) electrons. The third-order valence-electron chi connectivity index (χ3n) is 3.29. The molecule has 3 N–H and O–H groups in total. The molecule has 0 fully saturated rings. The Bertz CT molecular complexity index is 788. The summed E-state index contributed by atoms with van der Waals surface area (Å²) in [5.41, 5.74) is 6.78. The number of guanidine groups is 1. The first-order chi connectivity index (χ1) is 12.3. The highest BCUT2D eigenvalue weighted by molar-refractivity contribution is 14.0. The summed E-state index contributed by atoms with van der Waals surface area (Å²) in [4.78, 5) is 4.10. The number of benzene rings is 2. The lowest BCUT2D eigenvalue weighted by atomic mass is 10.1. The highest BCUT2D eigenvalue weighted by Gasteiger charge is 2.31. The van der Waals surface area contributed by atoms with Crippen molar-refractivity contribution in [1.29, 1.82) is 0 Å². The van der Waals surface area contributed by atoms with Crippen molar-refractivity contribution in [2.24, 2.45) is 10.7 Å². The number of para-hydroxylation sites is 1. The average Bonchev–Trinajstić information content (AvgIpc) is 2.55. The zero-order valence-corrected chi connectivity index (χ0v) is 17.3. The van der Waals surface area contributed by atoms with E-state index in [1.54, 1.807) is 30.3 Å². The highest BCUT2D eigenvalue weighted by atomic mass is 127. The van der Waals surface area contributed by atoms with Gasteiger partial charge in [0, 0.05) is 12.2 Å². The maximum atomic E-state index is 12.4. The SMILES string of the molecule is COc1ccc(NC(N)=NCCc2ccccc2OC(F)(F)F)cc1Cl.I. The van der Waals surface area contributed by atoms with Crippen LogP contribution in [0.5, 0.6) is 11.5 Å². The van der Waals surface area contributed by atoms with Gasteiger partial charge in [-0.1, -0.05) is 29.8 Å². The van der Waals surface area contributed by atoms with Crippen LogP contribution in [0, 0.1) is 0 Å². The summed E-state index contributed by atoms with van der Waals surface area (Å²) in [6.45, 7) is 0.181. The van der Waals surface area contributed by atoms with Gasteiger partial charge >= 0.3 is 6.36 Å². The molecule has 0 saturated heterocycles. The zero-order chi connectivity index (χ0) is 19.2. The summed E-state index contributed by atoms with van der Waals surface area (Å²) in [6, 6.07) is 10.9. The van der Waals surface area contributed by atoms with Gasteiger partial charge in [-0.15, -0.1) is 37.1 Å². The second-order valence-electron chi connectivity index (χ2n) is 5.15. The molecule has 27 heavy (non-hydrogen) atoms. The number of hydrogen-bond donors (Lipinski definition) is 2. The molecule has 0 aliphatic heterocycles. The maximum absolute atomic E-state index is 12.4. The van der Waals surface area contributed by atoms with E-state index in [1.165, 1.54) is 19.2 Å². The molecule has 2 rings (SSSR count). The molecule has 10 heteroatoms. The quantitative estimate of drug-likeness (QED) is 0.328. The van der Waals surface area contributed by atoms with Crippen LogP contribution in [0.2, 0.25) is 5.02 Å². The molecule has 5 nitrogen and oxygen atoms in total. The van der Waals surface area contributed by atoms with E-state index in [4.69, 9.17) is 22.1 Å². The molecule has 0 spiro atoms. The average molecular weight is 516 g/mol. The molecule has 0 amide bonds. The van der Waals surface area contributed by atoms with Crippen molar-refractivity contribution < 1.29 is 22.6 Å². The molecule has 2 aromatic carbocycles. The number of rotatable bonds is 6. The number of ether oxygens (including phenoxy) is 2. The molecule has 0 unspecified atom stereocenters. The minimum Gasteiger partial charge on any atom is -0.495 e. The fraction of sp³-hybridized carbons (Fsp3) is 0.235. The fourth-order valence-electron chi connectivity index (χ4n) is 2.16. The van der Waals surface area contributed by atoms with Gasteiger partial charge in [0.1, 0.15) is 11.5 Å². The number of hydrogen-bond acceptors (Lipinski definition) is 3. The lowest BCUT2D eigenvalue weighted by molar-refractivity contribution is -0.274. The molecule has 0 saturated carbocycles. The van der Waals surface area contributed by atoms with Gasteiger partial charge in [0.05, 0.1) is 12.1 Å². The fourth-order valence-corrected chi connectivity index (χ4v) is 2.42. The van der Waals surface area contributed by atoms with Gasteiger partial charge in [-0.05, 0) is 36.2 Å². The van der Waals surface area contributed by atoms with Crippen LogP contribution in [0.4, 0.5) is 18.9 Å². The topological polar surface area (TPSA) is 68.9 Å². The van der Waals surface area contributed by atoms with Crippen molar-refractivity contribution in [3.63, 3.8) is 0 Å². The van der Waals surface area contributed by atoms with Gasteiger partial charge in [0.15, 0.2) is 5.96 Å². The van der Waals surface area contributed by atoms with Crippen LogP contribution in [-0.4, -0.2) is 26.0 Å². The van der Waals surface area contributed by atoms with E-state index >= 15 is 0 Å². The summed E-state index contributed by atoms with van der Waals surface area (Å²) in [7, 11) is 1.50. The Labute approximate surface area is 176 Å². The molecule has 0 aliphatic carbocycles. The number of nitrogens with zero attached hydrogens (tertiary/aromatic N) is 1. The van der Waals surface area contributed by atoms with Crippen molar-refractivity contribution in [1.82, 2.24) is 0 Å². The molecule has 0 aliphatic rings. The predicted molar refractivity (Wildman–Crippen MR) is 110 cm³/mol. The number of anilines is 1. The summed E-state index contributed by atoms with van der Waals surface area (Å²) in [5.74, 6) is 0.387. The maximum Gasteiger partial charge on any atom is 0.573 e. The second-order valence-corrected chi connectivity index (χ2v) is 5.55. The minimum atomic E-state index is -4.74. The number of methoxy groups -OCH3 is 1. The van der Waals surface area contributed by atoms with Crippen LogP contribution in [0.1, 0.15) is 5.56 Å². The second kappa shape index (κ2) is 10.5. The molecular weight excluding hydrogens is 498 g/mol. The molecule has 0 heterocycles. The van der Waals surface area contributed by atoms with Gasteiger partial charge in [-0.25, -0.2) is 0 Å². The largest absolute Gasteiger partial charge is 0.573 e. The van der Waals surface area contributed by atoms with Gasteiger partial charge in [0.2, 0.25) is 0 Å². The Kier molecular flexibility index (Phi) is 8.97. The van der Waals surface area contributed by atoms with Gasteiger partial charge in [0.25, 0.3) is 0 Å². The molecule has 0 aromatic heterocycles. The number of nitrogens with one attached hydrogen (secondary N) is 1. The number of nitrogens with two attached hydrogens (primary N) is 1. The van der Waals surface area contributed by atoms with E-state index in [2.05, 4.69) is 15.0 Å². The van der Waals surface area contributed by atoms with Crippen LogP contribution in [-0.2, 0) is 6.42 Å². The minimum absolute atomic E-state index is 0. The summed E-state index contributed by atoms with van der Waals surface area (Å²) < 4.78 is 46.3. The Morgan fingerprint density at radius 2 is 1.89 bits per heavy atom. The third kappa shape index (κ3) is 7.71. The van der Waals surface area contributed by atoms with E-state index in [1.807, 2.05) is 0 Å². The molecular formula is C17H18ClF3IN3O2. The molecule has 148 valence electrons. The normalized spacial score (nSPS) is 11.5. The van der Waals surface area contributed by atoms with E-state index < -0.39 is 6.36 Å². The standard InChI is InChI=1S/C17H17ClF3N3O2.HI/c1-25-15-7-6-12(10-13(15)18)24-16(22)23-9-8-11-4-2-3-5-14(11)26-17(19,20)21;/h2-7,10H,8-9H2,1H3,(H3,22,23,24);1H. The van der Waals surface area contributed by atoms with Crippen molar-refractivity contribution >= 4 is 47.2 Å². The summed E-state index contributed by atoms with van der Waals surface area (Å²) >= 11 is 6.02. The first kappa shape index (κ1) is 23.2. The van der Waals surface area contributed by atoms with Crippen LogP contribution in [0.25, 0.3) is 0 Å². The molecule has 0 atom stereocenters. The molecule has 2 aromatic rings. The van der Waals surface area contributed by atoms with Crippen LogP contribution < -0.4 is 20.5 Å². The van der Waals surface area contributed by atoms with Crippen molar-refractivity contribution in [3.05, 3.63) is 53.1 Å². The predicted octanol–water partition coefficient (Wildman–Crippen LogP) is 4.83. The van der Waals surface area contributed by atoms with Crippen LogP contribution >= 0.6 is 35.6 Å². The number of aliphatic imine (C=N–C) groups is 1.